The van der Waals surface area contributed by atoms with Crippen LogP contribution in [0.4, 0.5) is 5.69 Å². The molecule has 4 aliphatic rings. The van der Waals surface area contributed by atoms with Gasteiger partial charge in [0.05, 0.1) is 37.9 Å². The SMILES string of the molecule is CN(C)c1cccc2c(S(=O)(=O)NCCSCCCCCS[C@@H]3O[C@H](CO)[C@@H](O[C@H]4O[C@H](CO)[C@@H](O[C@H]5O[C@H](CO)[C@@H](O[C@H]6O[C@H](COCc7ccc8ccccc8c7)[C@@H](O)[C@H](O)[C@H]6O)[C@H](O)[C@H]5O)[C@H](O)[C@H]4O)[C@H](O)[C@H]3O)cccc12. The van der Waals surface area contributed by atoms with E-state index in [1.807, 2.05) is 79.7 Å². The number of thioether (sulfide) groups is 2. The highest BCUT2D eigenvalue weighted by molar-refractivity contribution is 7.99. The Bertz CT molecular complexity index is 2720. The predicted molar refractivity (Wildman–Crippen MR) is 295 cm³/mol. The molecule has 0 saturated carbocycles. The van der Waals surface area contributed by atoms with Gasteiger partial charge < -0.3 is 104 Å². The van der Waals surface area contributed by atoms with Crippen LogP contribution in [0.15, 0.2) is 83.8 Å². The van der Waals surface area contributed by atoms with E-state index in [0.717, 1.165) is 46.0 Å². The van der Waals surface area contributed by atoms with E-state index in [2.05, 4.69) is 4.72 Å². The Balaban J connectivity index is 0.763. The van der Waals surface area contributed by atoms with Gasteiger partial charge >= 0.3 is 0 Å². The first-order valence-electron chi connectivity index (χ1n) is 26.8. The number of rotatable bonds is 26. The number of nitrogens with one attached hydrogen (secondary N) is 1. The number of benzene rings is 4. The number of unbranched alkanes of at least 4 members (excludes halogenated alkanes) is 2. The summed E-state index contributed by atoms with van der Waals surface area (Å²) in [6, 6.07) is 24.2. The van der Waals surface area contributed by atoms with Gasteiger partial charge in [0.2, 0.25) is 10.0 Å². The van der Waals surface area contributed by atoms with Gasteiger partial charge in [-0.25, -0.2) is 13.1 Å². The predicted octanol–water partition coefficient (Wildman–Crippen LogP) is -1.53. The summed E-state index contributed by atoms with van der Waals surface area (Å²) in [5, 5.41) is 134. The molecule has 4 heterocycles. The number of aliphatic hydroxyl groups is 12. The van der Waals surface area contributed by atoms with Crippen molar-refractivity contribution < 1.29 is 108 Å². The normalized spacial score (nSPS) is 34.9. The summed E-state index contributed by atoms with van der Waals surface area (Å²) >= 11 is 2.83. The molecule has 4 aromatic carbocycles. The van der Waals surface area contributed by atoms with Crippen LogP contribution >= 0.6 is 23.5 Å². The number of hydrogen-bond acceptors (Lipinski definition) is 25. The lowest BCUT2D eigenvalue weighted by atomic mass is 9.95. The van der Waals surface area contributed by atoms with Gasteiger partial charge in [-0.1, -0.05) is 67.1 Å². The largest absolute Gasteiger partial charge is 0.394 e. The fraction of sp³-hybridized carbons (Fsp3) is 0.630. The standard InChI is InChI=1S/C54H76N2O22S3/c1-56(2)33-14-8-13-32-31(33)12-9-15-38(32)81(69,70)55-18-21-79-19-6-3-7-20-80-54-47(68)43(64)50(36(25-59)75-54)78-53-46(67)42(63)49(35(24-58)73-53)77-52-45(66)41(62)48(34(23-57)72-52)76-51-44(65)40(61)39(60)37(74-51)27-71-26-28-16-17-29-10-4-5-11-30(29)22-28/h4-5,8-17,22,34-37,39-55,57-68H,3,6-7,18-21,23-27H2,1-2H3/t34-,35-,36-,37-,39-,40+,41-,42-,43-,44-,45-,46-,47-,48-,49-,50-,51-,52-,53-,54+/m1/s1. The van der Waals surface area contributed by atoms with Gasteiger partial charge in [0, 0.05) is 42.9 Å². The lowest BCUT2D eigenvalue weighted by Crippen LogP contribution is -2.67. The first kappa shape index (κ1) is 64.0. The van der Waals surface area contributed by atoms with Crippen molar-refractivity contribution in [2.45, 2.75) is 153 Å². The Morgan fingerprint density at radius 2 is 1.09 bits per heavy atom. The van der Waals surface area contributed by atoms with Gasteiger partial charge in [0.1, 0.15) is 103 Å². The van der Waals surface area contributed by atoms with Gasteiger partial charge in [-0.3, -0.25) is 0 Å². The highest BCUT2D eigenvalue weighted by Gasteiger charge is 2.55. The van der Waals surface area contributed by atoms with Crippen molar-refractivity contribution in [3.63, 3.8) is 0 Å². The average Bonchev–Trinajstić information content (AvgIpc) is 3.47. The van der Waals surface area contributed by atoms with E-state index in [0.29, 0.717) is 23.3 Å². The van der Waals surface area contributed by atoms with Crippen LogP contribution in [0, 0.1) is 0 Å². The van der Waals surface area contributed by atoms with E-state index < -0.39 is 152 Å². The van der Waals surface area contributed by atoms with Crippen molar-refractivity contribution in [1.29, 1.82) is 0 Å². The number of ether oxygens (including phenoxy) is 8. The van der Waals surface area contributed by atoms with Crippen LogP contribution in [-0.4, -0.2) is 256 Å². The summed E-state index contributed by atoms with van der Waals surface area (Å²) in [6.07, 6.45) is -30.2. The summed E-state index contributed by atoms with van der Waals surface area (Å²) < 4.78 is 75.7. The molecule has 0 radical (unpaired) electrons. The molecule has 0 amide bonds. The van der Waals surface area contributed by atoms with Crippen molar-refractivity contribution in [2.75, 3.05) is 69.2 Å². The van der Waals surface area contributed by atoms with Crippen molar-refractivity contribution in [3.8, 4) is 0 Å². The minimum absolute atomic E-state index is 0.102. The third-order valence-corrected chi connectivity index (χ3v) is 18.6. The summed E-state index contributed by atoms with van der Waals surface area (Å²) in [7, 11) is 0.0588. The molecular formula is C54H76N2O22S3. The van der Waals surface area contributed by atoms with Crippen molar-refractivity contribution in [1.82, 2.24) is 4.72 Å². The maximum Gasteiger partial charge on any atom is 0.241 e. The molecule has 0 unspecified atom stereocenters. The van der Waals surface area contributed by atoms with Crippen LogP contribution in [0.5, 0.6) is 0 Å². The zero-order valence-corrected chi connectivity index (χ0v) is 47.1. The second-order valence-electron chi connectivity index (χ2n) is 20.6. The smallest absolute Gasteiger partial charge is 0.241 e. The third-order valence-electron chi connectivity index (χ3n) is 14.8. The molecule has 13 N–H and O–H groups in total. The molecule has 0 aliphatic carbocycles. The fourth-order valence-electron chi connectivity index (χ4n) is 10.3. The first-order valence-corrected chi connectivity index (χ1v) is 30.5. The Labute approximate surface area is 477 Å². The first-order chi connectivity index (χ1) is 38.9. The molecule has 452 valence electrons. The second kappa shape index (κ2) is 29.4. The number of aliphatic hydroxyl groups excluding tert-OH is 12. The topological polar surface area (TPSA) is 366 Å². The average molecular weight is 1200 g/mol. The van der Waals surface area contributed by atoms with Gasteiger partial charge in [0.25, 0.3) is 0 Å². The minimum Gasteiger partial charge on any atom is -0.394 e. The van der Waals surface area contributed by atoms with Crippen LogP contribution < -0.4 is 9.62 Å². The van der Waals surface area contributed by atoms with Crippen LogP contribution in [0.1, 0.15) is 24.8 Å². The fourth-order valence-corrected chi connectivity index (χ4v) is 13.7. The molecule has 0 spiro atoms. The zero-order chi connectivity index (χ0) is 58.1. The molecule has 4 aliphatic heterocycles. The van der Waals surface area contributed by atoms with Crippen LogP contribution in [-0.2, 0) is 54.5 Å². The molecule has 0 aromatic heterocycles. The van der Waals surface area contributed by atoms with Crippen molar-refractivity contribution in [2.24, 2.45) is 0 Å². The molecule has 24 nitrogen and oxygen atoms in total. The Morgan fingerprint density at radius 1 is 0.543 bits per heavy atom. The summed E-state index contributed by atoms with van der Waals surface area (Å²) in [6.45, 7) is -2.40. The zero-order valence-electron chi connectivity index (χ0n) is 44.7. The summed E-state index contributed by atoms with van der Waals surface area (Å²) in [4.78, 5) is 2.16. The van der Waals surface area contributed by atoms with E-state index in [1.165, 1.54) is 11.8 Å². The number of hydrogen-bond donors (Lipinski definition) is 13. The maximum absolute atomic E-state index is 13.2. The van der Waals surface area contributed by atoms with Crippen molar-refractivity contribution in [3.05, 3.63) is 84.4 Å². The molecule has 81 heavy (non-hydrogen) atoms. The molecule has 4 fully saturated rings. The number of fused-ring (bicyclic) bond motifs is 2. The Morgan fingerprint density at radius 3 is 1.70 bits per heavy atom. The number of nitrogens with zero attached hydrogens (tertiary/aromatic N) is 1. The molecule has 4 saturated heterocycles. The maximum atomic E-state index is 13.2. The highest BCUT2D eigenvalue weighted by Crippen LogP contribution is 2.37. The number of sulfonamides is 1. The highest BCUT2D eigenvalue weighted by atomic mass is 32.2. The van der Waals surface area contributed by atoms with E-state index in [1.54, 1.807) is 30.0 Å². The van der Waals surface area contributed by atoms with E-state index in [4.69, 9.17) is 37.9 Å². The summed E-state index contributed by atoms with van der Waals surface area (Å²) in [5.74, 6) is 1.86. The Hall–Kier alpha value is -2.99. The molecule has 27 heteroatoms. The van der Waals surface area contributed by atoms with Gasteiger partial charge in [-0.2, -0.15) is 11.8 Å². The summed E-state index contributed by atoms with van der Waals surface area (Å²) in [5.41, 5.74) is 0.739. The Kier molecular flexibility index (Phi) is 23.2. The van der Waals surface area contributed by atoms with Gasteiger partial charge in [-0.15, -0.1) is 11.8 Å². The molecular weight excluding hydrogens is 1120 g/mol. The van der Waals surface area contributed by atoms with Crippen LogP contribution in [0.2, 0.25) is 0 Å². The van der Waals surface area contributed by atoms with E-state index in [9.17, 15) is 69.7 Å². The quantitative estimate of drug-likeness (QED) is 0.0317. The third kappa shape index (κ3) is 15.2. The van der Waals surface area contributed by atoms with Gasteiger partial charge in [0.15, 0.2) is 18.9 Å². The lowest BCUT2D eigenvalue weighted by molar-refractivity contribution is -0.385. The van der Waals surface area contributed by atoms with Crippen LogP contribution in [0.25, 0.3) is 21.5 Å². The molecule has 20 atom stereocenters. The van der Waals surface area contributed by atoms with E-state index in [-0.39, 0.29) is 24.7 Å². The lowest BCUT2D eigenvalue weighted by Gasteiger charge is -2.49. The van der Waals surface area contributed by atoms with Crippen LogP contribution in [0.3, 0.4) is 0 Å². The molecule has 8 rings (SSSR count). The monoisotopic (exact) mass is 1200 g/mol. The second-order valence-corrected chi connectivity index (χ2v) is 24.8. The number of anilines is 1. The minimum atomic E-state index is -3.75. The molecule has 0 bridgehead atoms. The molecule has 4 aromatic rings. The van der Waals surface area contributed by atoms with Crippen molar-refractivity contribution >= 4 is 60.8 Å². The van der Waals surface area contributed by atoms with E-state index >= 15 is 0 Å². The van der Waals surface area contributed by atoms with Gasteiger partial charge in [-0.05, 0) is 58.9 Å².